The number of esters is 6. The molecule has 5 unspecified atom stereocenters. The van der Waals surface area contributed by atoms with Crippen LogP contribution >= 0.6 is 0 Å². The van der Waals surface area contributed by atoms with Crippen molar-refractivity contribution in [3.05, 3.63) is 72.9 Å². The van der Waals surface area contributed by atoms with Crippen molar-refractivity contribution in [2.45, 2.75) is 118 Å². The van der Waals surface area contributed by atoms with Crippen molar-refractivity contribution in [2.75, 3.05) is 87.3 Å². The van der Waals surface area contributed by atoms with Gasteiger partial charge in [0.2, 0.25) is 0 Å². The van der Waals surface area contributed by atoms with E-state index < -0.39 is 26.8 Å². The molecular weight excluding hydrogens is 1020 g/mol. The molecule has 76 heavy (non-hydrogen) atoms. The maximum absolute atomic E-state index is 11.1. The predicted molar refractivity (Wildman–Crippen MR) is 281 cm³/mol. The first-order valence-electron chi connectivity index (χ1n) is 24.3. The number of ether oxygens (including phenoxy) is 9. The first-order valence-corrected chi connectivity index (χ1v) is 26.2. The highest BCUT2D eigenvalue weighted by Crippen LogP contribution is 2.39. The third-order valence-electron chi connectivity index (χ3n) is 9.78. The number of amides is 1. The van der Waals surface area contributed by atoms with Gasteiger partial charge >= 0.3 is 50.7 Å². The molecule has 4 fully saturated rings. The number of nitrogens with one attached hydrogen (secondary N) is 1. The second-order valence-corrected chi connectivity index (χ2v) is 20.4. The Kier molecular flexibility index (Phi) is 39.3. The zero-order valence-corrected chi connectivity index (χ0v) is 47.5. The maximum atomic E-state index is 11.1. The quantitative estimate of drug-likeness (QED) is 0.0120. The van der Waals surface area contributed by atoms with E-state index in [0.29, 0.717) is 116 Å². The molecule has 4 aliphatic rings. The Balaban J connectivity index is 0. The smallest absolute Gasteiger partial charge is 0.462 e. The Morgan fingerprint density at radius 3 is 1.34 bits per heavy atom. The summed E-state index contributed by atoms with van der Waals surface area (Å²) in [6.07, 6.45) is 5.22. The van der Waals surface area contributed by atoms with Gasteiger partial charge in [0.25, 0.3) is 0 Å². The third kappa shape index (κ3) is 38.7. The van der Waals surface area contributed by atoms with Gasteiger partial charge in [0.1, 0.15) is 38.6 Å². The van der Waals surface area contributed by atoms with Gasteiger partial charge in [0.05, 0.1) is 57.5 Å². The Labute approximate surface area is 449 Å². The molecule has 432 valence electrons. The number of carbonyl (C=O) groups excluding carboxylic acids is 7. The summed E-state index contributed by atoms with van der Waals surface area (Å²) < 4.78 is 59.6. The van der Waals surface area contributed by atoms with Crippen LogP contribution in [-0.2, 0) is 89.5 Å². The van der Waals surface area contributed by atoms with E-state index in [-0.39, 0.29) is 62.5 Å². The Morgan fingerprint density at radius 2 is 0.974 bits per heavy atom. The molecule has 24 heteroatoms. The van der Waals surface area contributed by atoms with Crippen molar-refractivity contribution in [3.8, 4) is 0 Å². The van der Waals surface area contributed by atoms with Gasteiger partial charge in [-0.2, -0.15) is 0 Å². The number of nitrogens with zero attached hydrogens (tertiary/aromatic N) is 1. The van der Waals surface area contributed by atoms with E-state index in [1.54, 1.807) is 69.8 Å². The molecule has 2 N–H and O–H groups in total. The van der Waals surface area contributed by atoms with Crippen molar-refractivity contribution in [1.82, 2.24) is 5.32 Å². The Hall–Kier alpha value is -5.86. The number of carbonyl (C=O) groups is 7. The fourth-order valence-corrected chi connectivity index (χ4v) is 6.59. The van der Waals surface area contributed by atoms with E-state index >= 15 is 0 Å². The van der Waals surface area contributed by atoms with Crippen molar-refractivity contribution in [1.29, 1.82) is 0 Å². The van der Waals surface area contributed by atoms with E-state index in [1.807, 2.05) is 6.92 Å². The number of hydrogen-bond acceptors (Lipinski definition) is 22. The zero-order valence-electron chi connectivity index (χ0n) is 46.5. The molecule has 3 heterocycles. The lowest BCUT2D eigenvalue weighted by atomic mass is 9.90. The normalized spacial score (nSPS) is 17.9. The molecule has 0 aromatic rings. The largest absolute Gasteiger partial charge is 0.500 e. The van der Waals surface area contributed by atoms with Crippen LogP contribution in [0.15, 0.2) is 78.1 Å². The monoisotopic (exact) mass is 1100 g/mol. The highest BCUT2D eigenvalue weighted by molar-refractivity contribution is 6.60. The SMILES string of the molecule is C=C(C)C(=O)OCC1CCC2OC2C1.C=C(C)C(=O)OCC1CO1.C=C(C)C(=O)OCC1CO1.C=C(C)C(=O)OCCC[Si](OC)(OC)OC.C=C(C)C(=O)OCCNC(=O)O/N=C(\C)CC.C=C(C)C(=O)OCCO. The van der Waals surface area contributed by atoms with Crippen LogP contribution < -0.4 is 5.32 Å². The summed E-state index contributed by atoms with van der Waals surface area (Å²) in [6.45, 7) is 37.1. The Bertz CT molecular complexity index is 1910. The summed E-state index contributed by atoms with van der Waals surface area (Å²) in [4.78, 5) is 80.6. The fourth-order valence-electron chi connectivity index (χ4n) is 4.90. The fraction of sp³-hybridized carbons (Fsp3) is 0.615. The number of hydrogen-bond donors (Lipinski definition) is 2. The van der Waals surface area contributed by atoms with E-state index in [1.165, 1.54) is 0 Å². The number of fused-ring (bicyclic) bond motifs is 1. The molecule has 0 radical (unpaired) electrons. The minimum atomic E-state index is -2.53. The lowest BCUT2D eigenvalue weighted by Crippen LogP contribution is -2.42. The van der Waals surface area contributed by atoms with Crippen molar-refractivity contribution >= 4 is 56.4 Å². The molecular formula is C52H84N2O21Si. The van der Waals surface area contributed by atoms with Crippen LogP contribution in [0.25, 0.3) is 0 Å². The summed E-state index contributed by atoms with van der Waals surface area (Å²) in [5.74, 6) is -1.78. The molecule has 4 rings (SSSR count). The number of aliphatic hydroxyl groups is 1. The number of rotatable bonds is 26. The van der Waals surface area contributed by atoms with Crippen LogP contribution in [0, 0.1) is 5.92 Å². The van der Waals surface area contributed by atoms with Gasteiger partial charge in [0.15, 0.2) is 0 Å². The van der Waals surface area contributed by atoms with E-state index in [2.05, 4.69) is 59.5 Å². The molecule has 0 spiro atoms. The summed E-state index contributed by atoms with van der Waals surface area (Å²) in [6, 6.07) is 0.611. The van der Waals surface area contributed by atoms with Gasteiger partial charge in [0, 0.05) is 60.8 Å². The summed E-state index contributed by atoms with van der Waals surface area (Å²) >= 11 is 0. The van der Waals surface area contributed by atoms with Gasteiger partial charge < -0.3 is 66.3 Å². The van der Waals surface area contributed by atoms with E-state index in [4.69, 9.17) is 56.3 Å². The zero-order chi connectivity index (χ0) is 58.4. The molecule has 0 bridgehead atoms. The summed E-state index contributed by atoms with van der Waals surface area (Å²) in [7, 11) is 2.13. The van der Waals surface area contributed by atoms with Crippen LogP contribution in [0.4, 0.5) is 4.79 Å². The molecule has 0 aromatic carbocycles. The van der Waals surface area contributed by atoms with Crippen molar-refractivity contribution < 1.29 is 99.4 Å². The first kappa shape index (κ1) is 72.2. The second kappa shape index (κ2) is 41.3. The van der Waals surface area contributed by atoms with Crippen molar-refractivity contribution in [3.63, 3.8) is 0 Å². The van der Waals surface area contributed by atoms with Crippen molar-refractivity contribution in [2.24, 2.45) is 11.1 Å². The molecule has 3 aliphatic heterocycles. The third-order valence-corrected chi connectivity index (χ3v) is 12.6. The maximum Gasteiger partial charge on any atom is 0.500 e. The predicted octanol–water partition coefficient (Wildman–Crippen LogP) is 5.77. The number of oxime groups is 1. The van der Waals surface area contributed by atoms with Gasteiger partial charge in [-0.15, -0.1) is 0 Å². The average Bonchev–Trinajstić information content (AvgIpc) is 4.26. The molecule has 3 saturated heterocycles. The van der Waals surface area contributed by atoms with Gasteiger partial charge in [-0.1, -0.05) is 51.6 Å². The van der Waals surface area contributed by atoms with Gasteiger partial charge in [-0.25, -0.2) is 33.6 Å². The molecule has 1 saturated carbocycles. The standard InChI is InChI=1S/C11H18N2O4.C11H16O3.C10H20O5Si.2C7H10O3.C6H10O3/c1-5-9(4)13-17-11(15)12-6-7-16-10(14)8(2)3;1-7(2)11(12)13-6-8-3-4-9-10(5-8)14-9;1-9(2)10(11)15-7-6-8-16(12-3,13-4)14-5;2*1-5(2)7(8)10-4-6-3-9-6;1-5(2)6(8)9-4-3-7/h2,5-7H2,1,3-4H3,(H,12,15);8-10H,1,3-6H2,2H3;1,6-8H2,2-5H3;2*6H,1,3-4H2,2H3;7H,1,3-4H2,2H3/b13-9+;;;;;. The van der Waals surface area contributed by atoms with Crippen LogP contribution in [0.3, 0.4) is 0 Å². The Morgan fingerprint density at radius 1 is 0.579 bits per heavy atom. The molecule has 0 aromatic heterocycles. The second-order valence-electron chi connectivity index (χ2n) is 17.3. The lowest BCUT2D eigenvalue weighted by molar-refractivity contribution is -0.141. The van der Waals surface area contributed by atoms with Crippen LogP contribution in [0.2, 0.25) is 6.04 Å². The van der Waals surface area contributed by atoms with Crippen LogP contribution in [0.1, 0.15) is 87.5 Å². The molecule has 23 nitrogen and oxygen atoms in total. The van der Waals surface area contributed by atoms with Crippen LogP contribution in [-0.4, -0.2) is 173 Å². The highest BCUT2D eigenvalue weighted by Gasteiger charge is 2.44. The number of aliphatic hydroxyl groups excluding tert-OH is 1. The molecule has 1 amide bonds. The minimum absolute atomic E-state index is 0.0473. The van der Waals surface area contributed by atoms with E-state index in [0.717, 1.165) is 19.3 Å². The summed E-state index contributed by atoms with van der Waals surface area (Å²) in [5.41, 5.74) is 3.12. The minimum Gasteiger partial charge on any atom is -0.462 e. The summed E-state index contributed by atoms with van der Waals surface area (Å²) in [5, 5.41) is 14.1. The topological polar surface area (TPSA) is 294 Å². The lowest BCUT2D eigenvalue weighted by Gasteiger charge is -2.24. The van der Waals surface area contributed by atoms with Crippen LogP contribution in [0.5, 0.6) is 0 Å². The average molecular weight is 1100 g/mol. The molecule has 1 aliphatic carbocycles. The number of epoxide rings is 3. The highest BCUT2D eigenvalue weighted by atomic mass is 28.4. The van der Waals surface area contributed by atoms with Gasteiger partial charge in [-0.3, -0.25) is 4.84 Å². The van der Waals surface area contributed by atoms with E-state index in [9.17, 15) is 33.6 Å². The molecule has 5 atom stereocenters. The van der Waals surface area contributed by atoms with Gasteiger partial charge in [-0.05, 0) is 86.5 Å². The first-order chi connectivity index (χ1) is 35.7.